The quantitative estimate of drug-likeness (QED) is 0.0794. The lowest BCUT2D eigenvalue weighted by molar-refractivity contribution is -0.159. The van der Waals surface area contributed by atoms with Crippen molar-refractivity contribution in [1.82, 2.24) is 55.6 Å². The van der Waals surface area contributed by atoms with E-state index < -0.39 is 155 Å². The van der Waals surface area contributed by atoms with E-state index >= 15 is 19.2 Å². The predicted molar refractivity (Wildman–Crippen MR) is 352 cm³/mol. The molecule has 0 aromatic rings. The second-order valence-corrected chi connectivity index (χ2v) is 28.4. The number of allylic oxidation sites excluding steroid dienone is 2. The van der Waals surface area contributed by atoms with E-state index in [4.69, 9.17) is 0 Å². The van der Waals surface area contributed by atoms with Crippen molar-refractivity contribution in [2.75, 3.05) is 68.2 Å². The van der Waals surface area contributed by atoms with Crippen LogP contribution in [0.4, 0.5) is 0 Å². The number of nitrogens with zero attached hydrogens (tertiary/aromatic N) is 7. The molecule has 11 amide bonds. The molecule has 6 N–H and O–H groups in total. The molecule has 1 saturated heterocycles. The van der Waals surface area contributed by atoms with Gasteiger partial charge in [0.15, 0.2) is 4.87 Å². The first-order valence-corrected chi connectivity index (χ1v) is 33.2. The zero-order chi connectivity index (χ0) is 69.7. The summed E-state index contributed by atoms with van der Waals surface area (Å²) in [6.07, 6.45) is 2.99. The minimum absolute atomic E-state index is 0.00657. The molecular weight excluding hydrogens is 1170 g/mol. The summed E-state index contributed by atoms with van der Waals surface area (Å²) in [5, 5.41) is 33.5. The number of carbonyl (C=O) groups excluding carboxylic acids is 11. The third-order valence-corrected chi connectivity index (χ3v) is 18.8. The molecule has 0 aromatic carbocycles. The summed E-state index contributed by atoms with van der Waals surface area (Å²) in [6, 6.07) is -11.4. The number of nitrogens with one attached hydrogen (secondary N) is 4. The van der Waals surface area contributed by atoms with Crippen LogP contribution in [0.15, 0.2) is 12.2 Å². The van der Waals surface area contributed by atoms with Gasteiger partial charge in [-0.2, -0.15) is 0 Å². The summed E-state index contributed by atoms with van der Waals surface area (Å²) in [4.78, 5) is 169. The van der Waals surface area contributed by atoms with Gasteiger partial charge in [-0.15, -0.1) is 11.8 Å². The molecule has 1 aliphatic rings. The van der Waals surface area contributed by atoms with Crippen LogP contribution in [0.3, 0.4) is 0 Å². The molecular formula is C65H117N11O13S. The van der Waals surface area contributed by atoms with Crippen molar-refractivity contribution in [3.05, 3.63) is 12.2 Å². The highest BCUT2D eigenvalue weighted by molar-refractivity contribution is 8.01. The predicted octanol–water partition coefficient (Wildman–Crippen LogP) is 3.71. The van der Waals surface area contributed by atoms with E-state index in [0.717, 1.165) is 21.6 Å². The fraction of sp³-hybridized carbons (Fsp3) is 0.800. The fourth-order valence-corrected chi connectivity index (χ4v) is 12.7. The molecule has 1 aliphatic heterocycles. The Labute approximate surface area is 542 Å². The average molecular weight is 1290 g/mol. The fourth-order valence-electron chi connectivity index (χ4n) is 11.2. The summed E-state index contributed by atoms with van der Waals surface area (Å²) in [5.74, 6) is -10.2. The summed E-state index contributed by atoms with van der Waals surface area (Å²) in [7, 11) is 9.88. The molecule has 0 unspecified atom stereocenters. The van der Waals surface area contributed by atoms with E-state index in [2.05, 4.69) is 21.3 Å². The van der Waals surface area contributed by atoms with Crippen LogP contribution in [0.1, 0.15) is 163 Å². The molecule has 25 heteroatoms. The van der Waals surface area contributed by atoms with Crippen LogP contribution in [0.25, 0.3) is 0 Å². The van der Waals surface area contributed by atoms with Crippen LogP contribution in [0, 0.1) is 41.4 Å². The zero-order valence-electron chi connectivity index (χ0n) is 59.0. The maximum Gasteiger partial charge on any atom is 0.259 e. The van der Waals surface area contributed by atoms with Crippen LogP contribution >= 0.6 is 11.8 Å². The first-order valence-electron chi connectivity index (χ1n) is 32.3. The monoisotopic (exact) mass is 1290 g/mol. The molecule has 0 aromatic heterocycles. The topological polar surface area (TPSA) is 299 Å². The molecule has 12 atom stereocenters. The van der Waals surface area contributed by atoms with Crippen LogP contribution in [0.5, 0.6) is 0 Å². The van der Waals surface area contributed by atoms with Gasteiger partial charge in [0.25, 0.3) is 5.91 Å². The number of hydrogen-bond donors (Lipinski definition) is 6. The molecule has 24 nitrogen and oxygen atoms in total. The van der Waals surface area contributed by atoms with Crippen molar-refractivity contribution in [1.29, 1.82) is 0 Å². The second kappa shape index (κ2) is 37.6. The van der Waals surface area contributed by atoms with E-state index in [1.54, 1.807) is 60.6 Å². The van der Waals surface area contributed by atoms with Crippen LogP contribution in [-0.4, -0.2) is 243 Å². The minimum atomic E-state index is -1.88. The highest BCUT2D eigenvalue weighted by atomic mass is 32.2. The number of likely N-dealkylation sites (N-methyl/N-ethyl adjacent to an activating group) is 7. The SMILES string of the molecule is C/C=C/C[C@@H](C)[C@@H](O)[C@H]1C(=O)N[C@@H](CC)C(=O)N(C)CC(=O)N(C)[C@@H](CC(C)C)C(=O)N[C@@H](C(C)C)C(=O)N(C)[C@@H](CC(C)C)C(=O)N[C@@H](C)C(=O)N[C@H](C)C(=O)N(C)[C@@H](CC(C)C)C(=O)N(C)[C@@H](CC(C)C)C(=O)N(C)[C@](SCCCO)(C(C)C)C(=O)N1C. The second-order valence-electron chi connectivity index (χ2n) is 27.1. The van der Waals surface area contributed by atoms with Gasteiger partial charge in [-0.3, -0.25) is 52.7 Å². The summed E-state index contributed by atoms with van der Waals surface area (Å²) in [5.41, 5.74) is 0. The van der Waals surface area contributed by atoms with Crippen LogP contribution in [0.2, 0.25) is 0 Å². The van der Waals surface area contributed by atoms with E-state index in [0.29, 0.717) is 0 Å². The number of thioether (sulfide) groups is 1. The van der Waals surface area contributed by atoms with Gasteiger partial charge in [-0.05, 0) is 113 Å². The highest BCUT2D eigenvalue weighted by Crippen LogP contribution is 2.40. The Morgan fingerprint density at radius 2 is 1.01 bits per heavy atom. The van der Waals surface area contributed by atoms with Gasteiger partial charge in [0.2, 0.25) is 59.1 Å². The third kappa shape index (κ3) is 22.2. The van der Waals surface area contributed by atoms with Crippen molar-refractivity contribution >= 4 is 76.7 Å². The lowest BCUT2D eigenvalue weighted by Gasteiger charge is -2.48. The van der Waals surface area contributed by atoms with Gasteiger partial charge >= 0.3 is 0 Å². The van der Waals surface area contributed by atoms with Gasteiger partial charge in [0.1, 0.15) is 54.4 Å². The first kappa shape index (κ1) is 82.2. The highest BCUT2D eigenvalue weighted by Gasteiger charge is 2.54. The van der Waals surface area contributed by atoms with E-state index in [9.17, 15) is 43.8 Å². The maximum absolute atomic E-state index is 16.0. The number of hydrogen-bond acceptors (Lipinski definition) is 14. The number of aliphatic hydroxyl groups is 2. The molecule has 0 spiro atoms. The average Bonchev–Trinajstić information content (AvgIpc) is 0.960. The van der Waals surface area contributed by atoms with Gasteiger partial charge in [-0.1, -0.05) is 109 Å². The third-order valence-electron chi connectivity index (χ3n) is 16.9. The zero-order valence-corrected chi connectivity index (χ0v) is 59.8. The number of carbonyl (C=O) groups is 11. The summed E-state index contributed by atoms with van der Waals surface area (Å²) < 4.78 is 0. The van der Waals surface area contributed by atoms with E-state index in [1.165, 1.54) is 87.7 Å². The standard InChI is InChI=1S/C65H117N11O13S/c1-25-27-29-43(15)54(79)53-58(83)68-46(26-2)60(85)70(18)36-51(78)71(19)47(32-37(3)4)57(82)69-52(41(11)12)63(88)72(20)48(33-38(5)6)56(81)66-44(16)55(80)67-45(17)59(84)73(21)49(34-39(7)8)61(86)74(22)50(35-40(9)10)62(87)76(24)65(42(13)14,64(89)75(53)23)90-31-28-30-77/h25,27,37-50,52-54,77,79H,26,28-36H2,1-24H3,(H,66,81)(H,67,80)(H,68,83)(H,69,82)/b27-25+/t43-,44+,45-,46+,47+,48+,49+,50+,52+,53+,54-,65+/m1/s1. The van der Waals surface area contributed by atoms with Gasteiger partial charge in [0.05, 0.1) is 12.6 Å². The van der Waals surface area contributed by atoms with Crippen molar-refractivity contribution in [3.8, 4) is 0 Å². The van der Waals surface area contributed by atoms with Gasteiger partial charge < -0.3 is 65.8 Å². The van der Waals surface area contributed by atoms with Crippen molar-refractivity contribution in [2.45, 2.75) is 228 Å². The Morgan fingerprint density at radius 1 is 0.556 bits per heavy atom. The lowest BCUT2D eigenvalue weighted by Crippen LogP contribution is -2.68. The number of amides is 11. The van der Waals surface area contributed by atoms with E-state index in [-0.39, 0.29) is 81.0 Å². The molecule has 0 aliphatic carbocycles. The van der Waals surface area contributed by atoms with Crippen LogP contribution < -0.4 is 21.3 Å². The summed E-state index contributed by atoms with van der Waals surface area (Å²) >= 11 is 1.06. The Morgan fingerprint density at radius 3 is 1.48 bits per heavy atom. The van der Waals surface area contributed by atoms with Crippen molar-refractivity contribution < 1.29 is 63.0 Å². The number of rotatable bonds is 19. The normalized spacial score (nSPS) is 26.9. The molecule has 90 heavy (non-hydrogen) atoms. The van der Waals surface area contributed by atoms with Gasteiger partial charge in [-0.25, -0.2) is 0 Å². The largest absolute Gasteiger partial charge is 0.396 e. The molecule has 0 saturated carbocycles. The first-order chi connectivity index (χ1) is 41.6. The van der Waals surface area contributed by atoms with Crippen molar-refractivity contribution in [3.63, 3.8) is 0 Å². The number of aliphatic hydroxyl groups excluding tert-OH is 2. The molecule has 1 heterocycles. The Kier molecular flexibility index (Phi) is 34.4. The Balaban J connectivity index is 4.53. The Hall–Kier alpha value is -5.82. The molecule has 0 bridgehead atoms. The van der Waals surface area contributed by atoms with Gasteiger partial charge in [0, 0.05) is 55.9 Å². The molecule has 0 radical (unpaired) electrons. The summed E-state index contributed by atoms with van der Waals surface area (Å²) in [6.45, 7) is 29.0. The minimum Gasteiger partial charge on any atom is -0.396 e. The van der Waals surface area contributed by atoms with Crippen LogP contribution in [-0.2, 0) is 52.7 Å². The molecule has 1 fully saturated rings. The van der Waals surface area contributed by atoms with Crippen molar-refractivity contribution in [2.24, 2.45) is 41.4 Å². The smallest absolute Gasteiger partial charge is 0.259 e. The van der Waals surface area contributed by atoms with E-state index in [1.807, 2.05) is 55.4 Å². The Bertz CT molecular complexity index is 2460. The maximum atomic E-state index is 16.0. The lowest BCUT2D eigenvalue weighted by atomic mass is 9.91. The molecule has 516 valence electrons. The molecule has 1 rings (SSSR count).